The van der Waals surface area contributed by atoms with Gasteiger partial charge in [0.25, 0.3) is 0 Å². The number of aryl methyl sites for hydroxylation is 1. The first kappa shape index (κ1) is 16.4. The molecule has 1 aliphatic rings. The predicted octanol–water partition coefficient (Wildman–Crippen LogP) is 3.16. The van der Waals surface area contributed by atoms with E-state index >= 15 is 0 Å². The van der Waals surface area contributed by atoms with Gasteiger partial charge < -0.3 is 4.52 Å². The number of hydrogen-bond acceptors (Lipinski definition) is 5. The van der Waals surface area contributed by atoms with E-state index < -0.39 is 0 Å². The van der Waals surface area contributed by atoms with E-state index in [-0.39, 0.29) is 0 Å². The van der Waals surface area contributed by atoms with E-state index in [4.69, 9.17) is 16.1 Å². The molecule has 0 N–H and O–H groups in total. The van der Waals surface area contributed by atoms with Crippen molar-refractivity contribution in [1.82, 2.24) is 19.9 Å². The summed E-state index contributed by atoms with van der Waals surface area (Å²) in [6.07, 6.45) is 0.812. The van der Waals surface area contributed by atoms with Gasteiger partial charge in [0, 0.05) is 43.7 Å². The molecule has 124 valence electrons. The normalized spacial score (nSPS) is 18.2. The van der Waals surface area contributed by atoms with E-state index in [1.807, 2.05) is 19.1 Å². The second-order valence-electron chi connectivity index (χ2n) is 5.97. The van der Waals surface area contributed by atoms with Crippen molar-refractivity contribution in [3.8, 4) is 0 Å². The van der Waals surface area contributed by atoms with Crippen molar-refractivity contribution < 1.29 is 4.52 Å². The van der Waals surface area contributed by atoms with Gasteiger partial charge in [0.15, 0.2) is 5.82 Å². The fourth-order valence-corrected chi connectivity index (χ4v) is 3.30. The van der Waals surface area contributed by atoms with E-state index in [1.54, 1.807) is 0 Å². The summed E-state index contributed by atoms with van der Waals surface area (Å²) in [7, 11) is 0. The molecule has 2 heterocycles. The number of rotatable bonds is 5. The molecule has 0 bridgehead atoms. The van der Waals surface area contributed by atoms with E-state index in [1.165, 1.54) is 5.56 Å². The molecule has 0 saturated carbocycles. The molecule has 2 aromatic rings. The minimum absolute atomic E-state index is 0.334. The maximum Gasteiger partial charge on any atom is 0.240 e. The molecule has 1 aliphatic heterocycles. The van der Waals surface area contributed by atoms with Crippen LogP contribution in [0.5, 0.6) is 0 Å². The Balaban J connectivity index is 1.55. The molecule has 23 heavy (non-hydrogen) atoms. The maximum absolute atomic E-state index is 6.33. The standard InChI is InChI=1S/C17H23ClN4O/c1-3-16-19-17(23-20-16)12-21-8-10-22(11-9-21)13(2)14-6-4-5-7-15(14)18/h4-7,13H,3,8-12H2,1-2H3. The van der Waals surface area contributed by atoms with E-state index in [0.717, 1.165) is 55.9 Å². The van der Waals surface area contributed by atoms with Crippen molar-refractivity contribution >= 4 is 11.6 Å². The quantitative estimate of drug-likeness (QED) is 0.840. The van der Waals surface area contributed by atoms with Gasteiger partial charge in [-0.25, -0.2) is 0 Å². The Morgan fingerprint density at radius 1 is 1.22 bits per heavy atom. The molecule has 1 aromatic heterocycles. The highest BCUT2D eigenvalue weighted by atomic mass is 35.5. The molecular weight excluding hydrogens is 312 g/mol. The van der Waals surface area contributed by atoms with Crippen molar-refractivity contribution in [3.05, 3.63) is 46.6 Å². The van der Waals surface area contributed by atoms with Gasteiger partial charge in [-0.2, -0.15) is 4.98 Å². The average Bonchev–Trinajstić information content (AvgIpc) is 3.03. The molecule has 0 amide bonds. The zero-order valence-electron chi connectivity index (χ0n) is 13.7. The van der Waals surface area contributed by atoms with Crippen LogP contribution >= 0.6 is 11.6 Å². The number of nitrogens with zero attached hydrogens (tertiary/aromatic N) is 4. The third kappa shape index (κ3) is 3.91. The van der Waals surface area contributed by atoms with Gasteiger partial charge in [0.05, 0.1) is 6.54 Å². The molecule has 0 aliphatic carbocycles. The molecule has 1 fully saturated rings. The third-order valence-electron chi connectivity index (χ3n) is 4.50. The number of halogens is 1. The van der Waals surface area contributed by atoms with Crippen molar-refractivity contribution in [1.29, 1.82) is 0 Å². The first-order valence-corrected chi connectivity index (χ1v) is 8.57. The molecule has 3 rings (SSSR count). The molecule has 1 unspecified atom stereocenters. The van der Waals surface area contributed by atoms with Crippen molar-refractivity contribution in [2.75, 3.05) is 26.2 Å². The summed E-state index contributed by atoms with van der Waals surface area (Å²) >= 11 is 6.33. The lowest BCUT2D eigenvalue weighted by Crippen LogP contribution is -2.46. The van der Waals surface area contributed by atoms with Gasteiger partial charge in [-0.15, -0.1) is 0 Å². The predicted molar refractivity (Wildman–Crippen MR) is 90.4 cm³/mol. The summed E-state index contributed by atoms with van der Waals surface area (Å²) in [5.74, 6) is 1.50. The van der Waals surface area contributed by atoms with Crippen LogP contribution in [0.2, 0.25) is 5.02 Å². The van der Waals surface area contributed by atoms with Gasteiger partial charge in [-0.3, -0.25) is 9.80 Å². The smallest absolute Gasteiger partial charge is 0.240 e. The second kappa shape index (κ2) is 7.43. The van der Waals surface area contributed by atoms with Crippen LogP contribution in [-0.2, 0) is 13.0 Å². The van der Waals surface area contributed by atoms with Crippen LogP contribution in [0.4, 0.5) is 0 Å². The van der Waals surface area contributed by atoms with Crippen molar-refractivity contribution in [3.63, 3.8) is 0 Å². The van der Waals surface area contributed by atoms with Gasteiger partial charge >= 0.3 is 0 Å². The molecule has 6 heteroatoms. The lowest BCUT2D eigenvalue weighted by atomic mass is 10.1. The van der Waals surface area contributed by atoms with Crippen LogP contribution in [0, 0.1) is 0 Å². The summed E-state index contributed by atoms with van der Waals surface area (Å²) < 4.78 is 5.28. The second-order valence-corrected chi connectivity index (χ2v) is 6.37. The molecule has 5 nitrogen and oxygen atoms in total. The summed E-state index contributed by atoms with van der Waals surface area (Å²) in [5, 5.41) is 4.80. The third-order valence-corrected chi connectivity index (χ3v) is 4.84. The van der Waals surface area contributed by atoms with Crippen LogP contribution in [0.15, 0.2) is 28.8 Å². The molecule has 1 aromatic carbocycles. The first-order chi connectivity index (χ1) is 11.2. The number of hydrogen-bond donors (Lipinski definition) is 0. The highest BCUT2D eigenvalue weighted by molar-refractivity contribution is 6.31. The van der Waals surface area contributed by atoms with Gasteiger partial charge in [-0.05, 0) is 18.6 Å². The first-order valence-electron chi connectivity index (χ1n) is 8.19. The highest BCUT2D eigenvalue weighted by Gasteiger charge is 2.24. The number of piperazine rings is 1. The monoisotopic (exact) mass is 334 g/mol. The summed E-state index contributed by atoms with van der Waals surface area (Å²) in [4.78, 5) is 9.22. The minimum atomic E-state index is 0.334. The molecular formula is C17H23ClN4O. The lowest BCUT2D eigenvalue weighted by Gasteiger charge is -2.37. The number of aromatic nitrogens is 2. The van der Waals surface area contributed by atoms with Crippen LogP contribution in [-0.4, -0.2) is 46.1 Å². The van der Waals surface area contributed by atoms with E-state index in [0.29, 0.717) is 6.04 Å². The molecule has 0 radical (unpaired) electrons. The largest absolute Gasteiger partial charge is 0.338 e. The Bertz CT molecular complexity index is 637. The fraction of sp³-hybridized carbons (Fsp3) is 0.529. The Labute approximate surface area is 142 Å². The average molecular weight is 335 g/mol. The minimum Gasteiger partial charge on any atom is -0.338 e. The van der Waals surface area contributed by atoms with Gasteiger partial charge in [-0.1, -0.05) is 41.9 Å². The topological polar surface area (TPSA) is 45.4 Å². The number of benzene rings is 1. The maximum atomic E-state index is 6.33. The van der Waals surface area contributed by atoms with Crippen LogP contribution in [0.1, 0.15) is 37.2 Å². The fourth-order valence-electron chi connectivity index (χ4n) is 3.01. The zero-order valence-corrected chi connectivity index (χ0v) is 14.5. The molecule has 1 atom stereocenters. The van der Waals surface area contributed by atoms with Gasteiger partial charge in [0.1, 0.15) is 0 Å². The Kier molecular flexibility index (Phi) is 5.30. The Morgan fingerprint density at radius 3 is 2.61 bits per heavy atom. The lowest BCUT2D eigenvalue weighted by molar-refractivity contribution is 0.0905. The van der Waals surface area contributed by atoms with E-state index in [2.05, 4.69) is 39.0 Å². The summed E-state index contributed by atoms with van der Waals surface area (Å²) in [6.45, 7) is 9.02. The molecule has 0 spiro atoms. The van der Waals surface area contributed by atoms with E-state index in [9.17, 15) is 0 Å². The summed E-state index contributed by atoms with van der Waals surface area (Å²) in [5.41, 5.74) is 1.20. The van der Waals surface area contributed by atoms with Crippen molar-refractivity contribution in [2.45, 2.75) is 32.9 Å². The van der Waals surface area contributed by atoms with Crippen LogP contribution in [0.3, 0.4) is 0 Å². The highest BCUT2D eigenvalue weighted by Crippen LogP contribution is 2.27. The van der Waals surface area contributed by atoms with Gasteiger partial charge in [0.2, 0.25) is 5.89 Å². The SMILES string of the molecule is CCc1noc(CN2CCN(C(C)c3ccccc3Cl)CC2)n1. The Hall–Kier alpha value is -1.43. The zero-order chi connectivity index (χ0) is 16.2. The Morgan fingerprint density at radius 2 is 1.96 bits per heavy atom. The van der Waals surface area contributed by atoms with Crippen LogP contribution in [0.25, 0.3) is 0 Å². The molecule has 1 saturated heterocycles. The van der Waals surface area contributed by atoms with Crippen LogP contribution < -0.4 is 0 Å². The van der Waals surface area contributed by atoms with Crippen molar-refractivity contribution in [2.24, 2.45) is 0 Å². The summed E-state index contributed by atoms with van der Waals surface area (Å²) in [6, 6.07) is 8.44.